The predicted molar refractivity (Wildman–Crippen MR) is 125 cm³/mol. The van der Waals surface area contributed by atoms with E-state index in [1.54, 1.807) is 48.3 Å². The van der Waals surface area contributed by atoms with Gasteiger partial charge in [-0.1, -0.05) is 36.4 Å². The molecule has 0 unspecified atom stereocenters. The standard InChI is InChI=1S/C26H28FN3O2/c1-19-17-30(16-15-28-19)18-20-11-13-21(14-12-20)29(2)26(31)22-7-3-5-9-24(22)32-25-10-6-4-8-23(25)27/h3-14,19,28H,15-18H2,1-2H3/t19-/m0/s1. The van der Waals surface area contributed by atoms with E-state index >= 15 is 0 Å². The lowest BCUT2D eigenvalue weighted by Gasteiger charge is -2.31. The number of amides is 1. The number of carbonyl (C=O) groups excluding carboxylic acids is 1. The fourth-order valence-corrected chi connectivity index (χ4v) is 3.92. The van der Waals surface area contributed by atoms with Gasteiger partial charge in [0.2, 0.25) is 0 Å². The molecule has 0 aliphatic carbocycles. The Morgan fingerprint density at radius 1 is 1.06 bits per heavy atom. The molecule has 32 heavy (non-hydrogen) atoms. The predicted octanol–water partition coefficient (Wildman–Crippen LogP) is 4.69. The maximum Gasteiger partial charge on any atom is 0.261 e. The quantitative estimate of drug-likeness (QED) is 0.613. The van der Waals surface area contributed by atoms with E-state index in [-0.39, 0.29) is 11.7 Å². The monoisotopic (exact) mass is 433 g/mol. The fraction of sp³-hybridized carbons (Fsp3) is 0.269. The third kappa shape index (κ3) is 5.15. The maximum absolute atomic E-state index is 14.0. The number of piperazine rings is 1. The number of para-hydroxylation sites is 2. The summed E-state index contributed by atoms with van der Waals surface area (Å²) in [6, 6.07) is 21.6. The van der Waals surface area contributed by atoms with Gasteiger partial charge in [0.1, 0.15) is 5.75 Å². The van der Waals surface area contributed by atoms with Crippen molar-refractivity contribution >= 4 is 11.6 Å². The number of carbonyl (C=O) groups is 1. The van der Waals surface area contributed by atoms with Crippen molar-refractivity contribution in [2.45, 2.75) is 19.5 Å². The Bertz CT molecular complexity index is 1070. The summed E-state index contributed by atoms with van der Waals surface area (Å²) in [6.07, 6.45) is 0. The normalized spacial score (nSPS) is 16.5. The van der Waals surface area contributed by atoms with Crippen molar-refractivity contribution in [1.82, 2.24) is 10.2 Å². The number of halogens is 1. The van der Waals surface area contributed by atoms with E-state index in [0.717, 1.165) is 31.9 Å². The third-order valence-corrected chi connectivity index (χ3v) is 5.66. The van der Waals surface area contributed by atoms with Crippen molar-refractivity contribution in [1.29, 1.82) is 0 Å². The molecule has 0 bridgehead atoms. The van der Waals surface area contributed by atoms with Gasteiger partial charge in [0.25, 0.3) is 5.91 Å². The van der Waals surface area contributed by atoms with Crippen LogP contribution in [0.25, 0.3) is 0 Å². The van der Waals surface area contributed by atoms with E-state index in [4.69, 9.17) is 4.74 Å². The largest absolute Gasteiger partial charge is 0.453 e. The van der Waals surface area contributed by atoms with Crippen molar-refractivity contribution in [2.24, 2.45) is 0 Å². The molecule has 1 heterocycles. The van der Waals surface area contributed by atoms with Gasteiger partial charge in [-0.15, -0.1) is 0 Å². The molecule has 1 fully saturated rings. The van der Waals surface area contributed by atoms with Crippen LogP contribution in [0.2, 0.25) is 0 Å². The van der Waals surface area contributed by atoms with Gasteiger partial charge < -0.3 is 15.0 Å². The summed E-state index contributed by atoms with van der Waals surface area (Å²) in [5.41, 5.74) is 2.37. The lowest BCUT2D eigenvalue weighted by molar-refractivity contribution is 0.0990. The fourth-order valence-electron chi connectivity index (χ4n) is 3.92. The van der Waals surface area contributed by atoms with Gasteiger partial charge in [0.15, 0.2) is 11.6 Å². The molecule has 1 aliphatic heterocycles. The Labute approximate surface area is 188 Å². The SMILES string of the molecule is C[C@H]1CN(Cc2ccc(N(C)C(=O)c3ccccc3Oc3ccccc3F)cc2)CCN1. The van der Waals surface area contributed by atoms with E-state index in [0.29, 0.717) is 17.4 Å². The Morgan fingerprint density at radius 2 is 1.75 bits per heavy atom. The highest BCUT2D eigenvalue weighted by Crippen LogP contribution is 2.29. The topological polar surface area (TPSA) is 44.8 Å². The molecule has 0 spiro atoms. The highest BCUT2D eigenvalue weighted by atomic mass is 19.1. The van der Waals surface area contributed by atoms with Crippen molar-refractivity contribution in [3.63, 3.8) is 0 Å². The average Bonchev–Trinajstić information content (AvgIpc) is 2.80. The molecule has 0 aromatic heterocycles. The summed E-state index contributed by atoms with van der Waals surface area (Å²) in [6.45, 7) is 6.15. The molecule has 1 amide bonds. The molecule has 0 saturated carbocycles. The minimum atomic E-state index is -0.474. The van der Waals surface area contributed by atoms with Crippen LogP contribution in [0.1, 0.15) is 22.8 Å². The second-order valence-corrected chi connectivity index (χ2v) is 8.15. The molecule has 3 aromatic carbocycles. The second-order valence-electron chi connectivity index (χ2n) is 8.15. The Hall–Kier alpha value is -3.22. The molecule has 5 nitrogen and oxygen atoms in total. The van der Waals surface area contributed by atoms with E-state index in [1.165, 1.54) is 17.7 Å². The summed E-state index contributed by atoms with van der Waals surface area (Å²) in [7, 11) is 1.73. The zero-order valence-electron chi connectivity index (χ0n) is 18.4. The number of ether oxygens (including phenoxy) is 1. The molecule has 6 heteroatoms. The lowest BCUT2D eigenvalue weighted by atomic mass is 10.1. The number of anilines is 1. The summed E-state index contributed by atoms with van der Waals surface area (Å²) >= 11 is 0. The summed E-state index contributed by atoms with van der Waals surface area (Å²) in [5.74, 6) is -0.293. The van der Waals surface area contributed by atoms with Crippen molar-refractivity contribution in [2.75, 3.05) is 31.6 Å². The van der Waals surface area contributed by atoms with Crippen molar-refractivity contribution in [3.05, 3.63) is 89.7 Å². The molecule has 1 saturated heterocycles. The Morgan fingerprint density at radius 3 is 2.47 bits per heavy atom. The van der Waals surface area contributed by atoms with Crippen LogP contribution >= 0.6 is 0 Å². The van der Waals surface area contributed by atoms with Crippen LogP contribution in [-0.4, -0.2) is 43.5 Å². The van der Waals surface area contributed by atoms with Crippen LogP contribution in [0.15, 0.2) is 72.8 Å². The molecular formula is C26H28FN3O2. The smallest absolute Gasteiger partial charge is 0.261 e. The van der Waals surface area contributed by atoms with Gasteiger partial charge >= 0.3 is 0 Å². The van der Waals surface area contributed by atoms with Gasteiger partial charge in [-0.2, -0.15) is 0 Å². The van der Waals surface area contributed by atoms with Crippen molar-refractivity contribution in [3.8, 4) is 11.5 Å². The summed E-state index contributed by atoms with van der Waals surface area (Å²) in [4.78, 5) is 17.2. The van der Waals surface area contributed by atoms with Crippen molar-refractivity contribution < 1.29 is 13.9 Å². The number of hydrogen-bond donors (Lipinski definition) is 1. The molecule has 1 N–H and O–H groups in total. The minimum absolute atomic E-state index is 0.0852. The van der Waals surface area contributed by atoms with Gasteiger partial charge in [-0.05, 0) is 48.9 Å². The molecule has 0 radical (unpaired) electrons. The first-order chi connectivity index (χ1) is 15.5. The number of benzene rings is 3. The zero-order chi connectivity index (χ0) is 22.5. The van der Waals surface area contributed by atoms with Crippen LogP contribution in [0, 0.1) is 5.82 Å². The van der Waals surface area contributed by atoms with E-state index < -0.39 is 5.82 Å². The maximum atomic E-state index is 14.0. The van der Waals surface area contributed by atoms with Gasteiger partial charge in [0, 0.05) is 45.0 Å². The lowest BCUT2D eigenvalue weighted by Crippen LogP contribution is -2.48. The zero-order valence-corrected chi connectivity index (χ0v) is 18.4. The average molecular weight is 434 g/mol. The highest BCUT2D eigenvalue weighted by molar-refractivity contribution is 6.07. The number of hydrogen-bond acceptors (Lipinski definition) is 4. The van der Waals surface area contributed by atoms with E-state index in [1.807, 2.05) is 12.1 Å². The summed E-state index contributed by atoms with van der Waals surface area (Å²) in [5, 5.41) is 3.46. The van der Waals surface area contributed by atoms with Crippen LogP contribution in [0.4, 0.5) is 10.1 Å². The molecule has 166 valence electrons. The van der Waals surface area contributed by atoms with Crippen LogP contribution in [-0.2, 0) is 6.54 Å². The molecule has 1 aliphatic rings. The molecule has 3 aromatic rings. The minimum Gasteiger partial charge on any atom is -0.453 e. The molecule has 1 atom stereocenters. The van der Waals surface area contributed by atoms with Gasteiger partial charge in [0.05, 0.1) is 5.56 Å². The first-order valence-corrected chi connectivity index (χ1v) is 10.9. The van der Waals surface area contributed by atoms with Crippen LogP contribution < -0.4 is 15.0 Å². The van der Waals surface area contributed by atoms with Gasteiger partial charge in [-0.3, -0.25) is 9.69 Å². The first kappa shape index (κ1) is 22.0. The van der Waals surface area contributed by atoms with E-state index in [9.17, 15) is 9.18 Å². The second kappa shape index (κ2) is 9.94. The van der Waals surface area contributed by atoms with Gasteiger partial charge in [-0.25, -0.2) is 4.39 Å². The number of nitrogens with zero attached hydrogens (tertiary/aromatic N) is 2. The number of rotatable bonds is 6. The van der Waals surface area contributed by atoms with E-state index in [2.05, 4.69) is 29.3 Å². The highest BCUT2D eigenvalue weighted by Gasteiger charge is 2.20. The Kier molecular flexibility index (Phi) is 6.83. The number of nitrogens with one attached hydrogen (secondary N) is 1. The first-order valence-electron chi connectivity index (χ1n) is 10.9. The van der Waals surface area contributed by atoms with Crippen LogP contribution in [0.5, 0.6) is 11.5 Å². The Balaban J connectivity index is 1.47. The summed E-state index contributed by atoms with van der Waals surface area (Å²) < 4.78 is 19.8. The third-order valence-electron chi connectivity index (χ3n) is 5.66. The van der Waals surface area contributed by atoms with Crippen LogP contribution in [0.3, 0.4) is 0 Å². The molecule has 4 rings (SSSR count). The molecular weight excluding hydrogens is 405 g/mol.